The maximum absolute atomic E-state index is 12.1. The van der Waals surface area contributed by atoms with Gasteiger partial charge in [0.2, 0.25) is 5.91 Å². The minimum absolute atomic E-state index is 0.0190. The zero-order valence-electron chi connectivity index (χ0n) is 12.9. The van der Waals surface area contributed by atoms with Crippen molar-refractivity contribution in [3.05, 3.63) is 54.1 Å². The summed E-state index contributed by atoms with van der Waals surface area (Å²) in [6.07, 6.45) is 1.43. The number of nitrogens with one attached hydrogen (secondary N) is 1. The summed E-state index contributed by atoms with van der Waals surface area (Å²) in [6, 6.07) is 16.3. The Morgan fingerprint density at radius 1 is 1.17 bits per heavy atom. The van der Waals surface area contributed by atoms with Gasteiger partial charge in [-0.15, -0.1) is 11.8 Å². The maximum atomic E-state index is 12.1. The van der Waals surface area contributed by atoms with Gasteiger partial charge >= 0.3 is 0 Å². The van der Waals surface area contributed by atoms with Gasteiger partial charge in [-0.2, -0.15) is 0 Å². The number of amides is 1. The molecule has 3 nitrogen and oxygen atoms in total. The van der Waals surface area contributed by atoms with Crippen LogP contribution in [0, 0.1) is 0 Å². The van der Waals surface area contributed by atoms with Gasteiger partial charge < -0.3 is 5.32 Å². The summed E-state index contributed by atoms with van der Waals surface area (Å²) < 4.78 is 1.12. The molecule has 0 aliphatic carbocycles. The predicted molar refractivity (Wildman–Crippen MR) is 99.4 cm³/mol. The van der Waals surface area contributed by atoms with E-state index in [4.69, 9.17) is 0 Å². The van der Waals surface area contributed by atoms with Crippen LogP contribution in [0.3, 0.4) is 0 Å². The Labute approximate surface area is 144 Å². The van der Waals surface area contributed by atoms with Crippen LogP contribution >= 0.6 is 23.1 Å². The van der Waals surface area contributed by atoms with E-state index in [0.717, 1.165) is 22.4 Å². The number of carbonyl (C=O) groups excluding carboxylic acids is 1. The molecule has 0 aliphatic rings. The molecule has 0 saturated carbocycles. The molecule has 0 saturated heterocycles. The van der Waals surface area contributed by atoms with Gasteiger partial charge in [0, 0.05) is 17.1 Å². The lowest BCUT2D eigenvalue weighted by atomic mass is 10.1. The highest BCUT2D eigenvalue weighted by Gasteiger charge is 2.10. The third-order valence-electron chi connectivity index (χ3n) is 3.47. The summed E-state index contributed by atoms with van der Waals surface area (Å²) in [7, 11) is 0. The number of rotatable bonds is 6. The molecule has 0 fully saturated rings. The molecule has 1 N–H and O–H groups in total. The Morgan fingerprint density at radius 2 is 2.00 bits per heavy atom. The largest absolute Gasteiger partial charge is 0.302 e. The van der Waals surface area contributed by atoms with E-state index in [-0.39, 0.29) is 5.91 Å². The molecule has 0 bridgehead atoms. The quantitative estimate of drug-likeness (QED) is 0.642. The van der Waals surface area contributed by atoms with Crippen molar-refractivity contribution < 1.29 is 4.79 Å². The highest BCUT2D eigenvalue weighted by Crippen LogP contribution is 2.28. The zero-order valence-corrected chi connectivity index (χ0v) is 14.5. The molecule has 3 aromatic rings. The summed E-state index contributed by atoms with van der Waals surface area (Å²) in [5.74, 6) is 0.784. The standard InChI is InChI=1S/C18H18N2OS2/c1-2-13-7-6-10-15-17(13)20-18(23-15)19-16(21)11-12-22-14-8-4-3-5-9-14/h3-10H,2,11-12H2,1H3,(H,19,20,21). The van der Waals surface area contributed by atoms with Crippen LogP contribution in [0.2, 0.25) is 0 Å². The van der Waals surface area contributed by atoms with E-state index in [1.807, 2.05) is 30.3 Å². The van der Waals surface area contributed by atoms with E-state index >= 15 is 0 Å². The van der Waals surface area contributed by atoms with Gasteiger partial charge in [-0.1, -0.05) is 48.6 Å². The number of para-hydroxylation sites is 1. The lowest BCUT2D eigenvalue weighted by molar-refractivity contribution is -0.115. The van der Waals surface area contributed by atoms with Crippen LogP contribution in [-0.4, -0.2) is 16.6 Å². The smallest absolute Gasteiger partial charge is 0.226 e. The Bertz CT molecular complexity index is 799. The van der Waals surface area contributed by atoms with Crippen LogP contribution < -0.4 is 5.32 Å². The van der Waals surface area contributed by atoms with Crippen LogP contribution in [0.4, 0.5) is 5.13 Å². The van der Waals surface area contributed by atoms with Crippen LogP contribution in [0.25, 0.3) is 10.2 Å². The number of anilines is 1. The van der Waals surface area contributed by atoms with Crippen molar-refractivity contribution in [2.24, 2.45) is 0 Å². The lowest BCUT2D eigenvalue weighted by Gasteiger charge is -2.02. The fraction of sp³-hybridized carbons (Fsp3) is 0.222. The molecule has 0 atom stereocenters. The number of hydrogen-bond donors (Lipinski definition) is 1. The Hall–Kier alpha value is -1.85. The lowest BCUT2D eigenvalue weighted by Crippen LogP contribution is -2.11. The number of thioether (sulfide) groups is 1. The number of benzene rings is 2. The molecule has 0 aliphatic heterocycles. The first-order chi connectivity index (χ1) is 11.3. The molecule has 0 radical (unpaired) electrons. The molecule has 0 unspecified atom stereocenters. The molecule has 3 rings (SSSR count). The van der Waals surface area contributed by atoms with Crippen molar-refractivity contribution in [1.82, 2.24) is 4.98 Å². The van der Waals surface area contributed by atoms with E-state index in [2.05, 4.69) is 35.4 Å². The molecular weight excluding hydrogens is 324 g/mol. The second-order valence-electron chi connectivity index (χ2n) is 5.10. The Balaban J connectivity index is 1.57. The number of aryl methyl sites for hydroxylation is 1. The fourth-order valence-electron chi connectivity index (χ4n) is 2.30. The van der Waals surface area contributed by atoms with Gasteiger partial charge in [0.1, 0.15) is 0 Å². The minimum atomic E-state index is 0.0190. The predicted octanol–water partition coefficient (Wildman–Crippen LogP) is 4.98. The van der Waals surface area contributed by atoms with E-state index < -0.39 is 0 Å². The van der Waals surface area contributed by atoms with Crippen LogP contribution in [-0.2, 0) is 11.2 Å². The minimum Gasteiger partial charge on any atom is -0.302 e. The average molecular weight is 342 g/mol. The average Bonchev–Trinajstić information content (AvgIpc) is 2.98. The van der Waals surface area contributed by atoms with E-state index in [9.17, 15) is 4.79 Å². The van der Waals surface area contributed by atoms with Gasteiger partial charge in [-0.05, 0) is 30.2 Å². The number of fused-ring (bicyclic) bond motifs is 1. The van der Waals surface area contributed by atoms with Gasteiger partial charge in [-0.25, -0.2) is 4.98 Å². The number of nitrogens with zero attached hydrogens (tertiary/aromatic N) is 1. The van der Waals surface area contributed by atoms with Crippen molar-refractivity contribution in [3.8, 4) is 0 Å². The zero-order chi connectivity index (χ0) is 16.1. The summed E-state index contributed by atoms with van der Waals surface area (Å²) in [5.41, 5.74) is 2.23. The van der Waals surface area contributed by atoms with Crippen molar-refractivity contribution >= 4 is 44.4 Å². The molecule has 1 aromatic heterocycles. The summed E-state index contributed by atoms with van der Waals surface area (Å²) in [5, 5.41) is 3.61. The normalized spacial score (nSPS) is 10.8. The van der Waals surface area contributed by atoms with E-state index in [1.54, 1.807) is 11.8 Å². The Kier molecular flexibility index (Phi) is 5.31. The number of aromatic nitrogens is 1. The van der Waals surface area contributed by atoms with Crippen molar-refractivity contribution in [1.29, 1.82) is 0 Å². The number of hydrogen-bond acceptors (Lipinski definition) is 4. The Morgan fingerprint density at radius 3 is 2.78 bits per heavy atom. The second kappa shape index (κ2) is 7.62. The molecule has 0 spiro atoms. The molecule has 5 heteroatoms. The first-order valence-corrected chi connectivity index (χ1v) is 9.42. The molecule has 2 aromatic carbocycles. The van der Waals surface area contributed by atoms with Crippen molar-refractivity contribution in [2.75, 3.05) is 11.1 Å². The molecule has 1 heterocycles. The highest BCUT2D eigenvalue weighted by molar-refractivity contribution is 7.99. The van der Waals surface area contributed by atoms with Gasteiger partial charge in [-0.3, -0.25) is 4.79 Å². The molecular formula is C18H18N2OS2. The fourth-order valence-corrected chi connectivity index (χ4v) is 4.11. The number of carbonyl (C=O) groups is 1. The first kappa shape index (κ1) is 16.0. The molecule has 23 heavy (non-hydrogen) atoms. The van der Waals surface area contributed by atoms with Crippen LogP contribution in [0.1, 0.15) is 18.9 Å². The highest BCUT2D eigenvalue weighted by atomic mass is 32.2. The summed E-state index contributed by atoms with van der Waals surface area (Å²) in [4.78, 5) is 17.8. The topological polar surface area (TPSA) is 42.0 Å². The molecule has 118 valence electrons. The second-order valence-corrected chi connectivity index (χ2v) is 7.30. The van der Waals surface area contributed by atoms with Gasteiger partial charge in [0.05, 0.1) is 10.2 Å². The van der Waals surface area contributed by atoms with Gasteiger partial charge in [0.15, 0.2) is 5.13 Å². The molecule has 1 amide bonds. The third-order valence-corrected chi connectivity index (χ3v) is 5.42. The van der Waals surface area contributed by atoms with E-state index in [1.165, 1.54) is 21.8 Å². The summed E-state index contributed by atoms with van der Waals surface area (Å²) >= 11 is 3.23. The maximum Gasteiger partial charge on any atom is 0.226 e. The third kappa shape index (κ3) is 4.12. The first-order valence-electron chi connectivity index (χ1n) is 7.62. The SMILES string of the molecule is CCc1cccc2sc(NC(=O)CCSc3ccccc3)nc12. The summed E-state index contributed by atoms with van der Waals surface area (Å²) in [6.45, 7) is 2.12. The monoisotopic (exact) mass is 342 g/mol. The number of thiazole rings is 1. The van der Waals surface area contributed by atoms with E-state index in [0.29, 0.717) is 11.6 Å². The van der Waals surface area contributed by atoms with Crippen LogP contribution in [0.5, 0.6) is 0 Å². The van der Waals surface area contributed by atoms with Crippen LogP contribution in [0.15, 0.2) is 53.4 Å². The van der Waals surface area contributed by atoms with Crippen molar-refractivity contribution in [3.63, 3.8) is 0 Å². The van der Waals surface area contributed by atoms with Crippen molar-refractivity contribution in [2.45, 2.75) is 24.7 Å². The van der Waals surface area contributed by atoms with Gasteiger partial charge in [0.25, 0.3) is 0 Å².